The maximum Gasteiger partial charge on any atom is 0.163 e. The molecule has 16 heavy (non-hydrogen) atoms. The van der Waals surface area contributed by atoms with Crippen molar-refractivity contribution in [3.8, 4) is 5.75 Å². The Morgan fingerprint density at radius 1 is 1.44 bits per heavy atom. The van der Waals surface area contributed by atoms with Crippen LogP contribution in [0.1, 0.15) is 13.8 Å². The summed E-state index contributed by atoms with van der Waals surface area (Å²) in [5.41, 5.74) is 0. The van der Waals surface area contributed by atoms with E-state index in [9.17, 15) is 0 Å². The Morgan fingerprint density at radius 3 is 2.81 bits per heavy atom. The van der Waals surface area contributed by atoms with Crippen LogP contribution in [-0.4, -0.2) is 25.1 Å². The van der Waals surface area contributed by atoms with Gasteiger partial charge < -0.3 is 14.2 Å². The van der Waals surface area contributed by atoms with Crippen molar-refractivity contribution in [1.82, 2.24) is 0 Å². The van der Waals surface area contributed by atoms with Crippen molar-refractivity contribution in [3.63, 3.8) is 0 Å². The molecule has 88 valence electrons. The molecule has 1 aliphatic rings. The number of ether oxygens (including phenoxy) is 3. The van der Waals surface area contributed by atoms with Crippen LogP contribution in [0.3, 0.4) is 0 Å². The van der Waals surface area contributed by atoms with Crippen LogP contribution in [0.5, 0.6) is 5.75 Å². The number of hydrogen-bond donors (Lipinski definition) is 0. The van der Waals surface area contributed by atoms with Gasteiger partial charge in [0.2, 0.25) is 0 Å². The average Bonchev–Trinajstić information content (AvgIpc) is 2.57. The Kier molecular flexibility index (Phi) is 3.38. The third kappa shape index (κ3) is 2.88. The van der Waals surface area contributed by atoms with Crippen molar-refractivity contribution < 1.29 is 14.2 Å². The number of para-hydroxylation sites is 1. The predicted octanol–water partition coefficient (Wildman–Crippen LogP) is 2.87. The monoisotopic (exact) mass is 242 g/mol. The molecule has 1 saturated heterocycles. The van der Waals surface area contributed by atoms with Crippen molar-refractivity contribution in [1.29, 1.82) is 0 Å². The van der Waals surface area contributed by atoms with Gasteiger partial charge in [-0.15, -0.1) is 0 Å². The largest absolute Gasteiger partial charge is 0.489 e. The van der Waals surface area contributed by atoms with E-state index in [2.05, 4.69) is 0 Å². The van der Waals surface area contributed by atoms with E-state index in [1.54, 1.807) is 6.07 Å². The minimum Gasteiger partial charge on any atom is -0.489 e. The molecule has 1 atom stereocenters. The lowest BCUT2D eigenvalue weighted by atomic mass is 10.3. The van der Waals surface area contributed by atoms with Crippen molar-refractivity contribution in [2.45, 2.75) is 25.7 Å². The first-order chi connectivity index (χ1) is 7.57. The van der Waals surface area contributed by atoms with Gasteiger partial charge in [-0.2, -0.15) is 0 Å². The van der Waals surface area contributed by atoms with Gasteiger partial charge in [-0.25, -0.2) is 0 Å². The SMILES string of the molecule is CC1(C)OC[C@H](COc2ccccc2Cl)O1. The lowest BCUT2D eigenvalue weighted by molar-refractivity contribution is -0.141. The zero-order valence-corrected chi connectivity index (χ0v) is 10.2. The van der Waals surface area contributed by atoms with Gasteiger partial charge in [-0.3, -0.25) is 0 Å². The summed E-state index contributed by atoms with van der Waals surface area (Å²) in [6.45, 7) is 4.79. The molecule has 0 saturated carbocycles. The third-order valence-electron chi connectivity index (χ3n) is 2.33. The van der Waals surface area contributed by atoms with Gasteiger partial charge in [0.05, 0.1) is 11.6 Å². The van der Waals surface area contributed by atoms with Gasteiger partial charge in [0.1, 0.15) is 18.5 Å². The second kappa shape index (κ2) is 4.62. The van der Waals surface area contributed by atoms with Crippen molar-refractivity contribution in [2.75, 3.05) is 13.2 Å². The van der Waals surface area contributed by atoms with Gasteiger partial charge >= 0.3 is 0 Å². The molecule has 4 heteroatoms. The number of halogens is 1. The van der Waals surface area contributed by atoms with Crippen molar-refractivity contribution >= 4 is 11.6 Å². The summed E-state index contributed by atoms with van der Waals surface area (Å²) >= 11 is 5.97. The Morgan fingerprint density at radius 2 is 2.19 bits per heavy atom. The van der Waals surface area contributed by atoms with Crippen LogP contribution < -0.4 is 4.74 Å². The second-order valence-electron chi connectivity index (χ2n) is 4.19. The zero-order valence-electron chi connectivity index (χ0n) is 9.40. The fourth-order valence-electron chi connectivity index (χ4n) is 1.59. The van der Waals surface area contributed by atoms with E-state index in [0.29, 0.717) is 24.0 Å². The lowest BCUT2D eigenvalue weighted by Gasteiger charge is -2.17. The Bertz CT molecular complexity index is 365. The molecule has 1 fully saturated rings. The number of hydrogen-bond acceptors (Lipinski definition) is 3. The van der Waals surface area contributed by atoms with Crippen LogP contribution in [0.25, 0.3) is 0 Å². The summed E-state index contributed by atoms with van der Waals surface area (Å²) in [5, 5.41) is 0.612. The molecule has 2 rings (SSSR count). The molecule has 0 bridgehead atoms. The van der Waals surface area contributed by atoms with Crippen LogP contribution in [0.2, 0.25) is 5.02 Å². The van der Waals surface area contributed by atoms with Gasteiger partial charge in [0.25, 0.3) is 0 Å². The molecule has 0 N–H and O–H groups in total. The first kappa shape index (κ1) is 11.7. The van der Waals surface area contributed by atoms with Gasteiger partial charge in [-0.1, -0.05) is 23.7 Å². The molecule has 1 aromatic carbocycles. The topological polar surface area (TPSA) is 27.7 Å². The molecule has 0 spiro atoms. The highest BCUT2D eigenvalue weighted by Gasteiger charge is 2.32. The van der Waals surface area contributed by atoms with Crippen LogP contribution in [0.15, 0.2) is 24.3 Å². The molecule has 1 aromatic rings. The molecule has 1 heterocycles. The fourth-order valence-corrected chi connectivity index (χ4v) is 1.78. The normalized spacial score (nSPS) is 23.3. The molecule has 0 aliphatic carbocycles. The van der Waals surface area contributed by atoms with Crippen LogP contribution >= 0.6 is 11.6 Å². The zero-order chi connectivity index (χ0) is 11.6. The molecule has 1 aliphatic heterocycles. The molecule has 0 aromatic heterocycles. The summed E-state index contributed by atoms with van der Waals surface area (Å²) in [6.07, 6.45) is -0.0359. The van der Waals surface area contributed by atoms with Crippen LogP contribution in [-0.2, 0) is 9.47 Å². The summed E-state index contributed by atoms with van der Waals surface area (Å²) in [4.78, 5) is 0. The summed E-state index contributed by atoms with van der Waals surface area (Å²) < 4.78 is 16.6. The highest BCUT2D eigenvalue weighted by atomic mass is 35.5. The van der Waals surface area contributed by atoms with Crippen molar-refractivity contribution in [2.24, 2.45) is 0 Å². The second-order valence-corrected chi connectivity index (χ2v) is 4.60. The summed E-state index contributed by atoms with van der Waals surface area (Å²) in [6, 6.07) is 7.39. The van der Waals surface area contributed by atoms with Gasteiger partial charge in [-0.05, 0) is 26.0 Å². The Balaban J connectivity index is 1.87. The van der Waals surface area contributed by atoms with E-state index >= 15 is 0 Å². The lowest BCUT2D eigenvalue weighted by Crippen LogP contribution is -2.25. The smallest absolute Gasteiger partial charge is 0.163 e. The highest BCUT2D eigenvalue weighted by Crippen LogP contribution is 2.26. The van der Waals surface area contributed by atoms with E-state index in [1.165, 1.54) is 0 Å². The predicted molar refractivity (Wildman–Crippen MR) is 61.9 cm³/mol. The summed E-state index contributed by atoms with van der Waals surface area (Å²) in [7, 11) is 0. The van der Waals surface area contributed by atoms with Gasteiger partial charge in [0.15, 0.2) is 5.79 Å². The maximum absolute atomic E-state index is 5.97. The van der Waals surface area contributed by atoms with Gasteiger partial charge in [0, 0.05) is 0 Å². The highest BCUT2D eigenvalue weighted by molar-refractivity contribution is 6.32. The van der Waals surface area contributed by atoms with E-state index in [-0.39, 0.29) is 6.10 Å². The number of rotatable bonds is 3. The van der Waals surface area contributed by atoms with E-state index in [0.717, 1.165) is 0 Å². The minimum absolute atomic E-state index is 0.0359. The Hall–Kier alpha value is -0.770. The first-order valence-corrected chi connectivity index (χ1v) is 5.64. The quantitative estimate of drug-likeness (QED) is 0.816. The van der Waals surface area contributed by atoms with Crippen LogP contribution in [0.4, 0.5) is 0 Å². The standard InChI is InChI=1S/C12H15ClO3/c1-12(2)15-8-9(16-12)7-14-11-6-4-3-5-10(11)13/h3-6,9H,7-8H2,1-2H3/t9-/m0/s1. The molecular formula is C12H15ClO3. The molecule has 0 unspecified atom stereocenters. The molecular weight excluding hydrogens is 228 g/mol. The molecule has 0 radical (unpaired) electrons. The molecule has 3 nitrogen and oxygen atoms in total. The minimum atomic E-state index is -0.505. The van der Waals surface area contributed by atoms with Crippen molar-refractivity contribution in [3.05, 3.63) is 29.3 Å². The number of benzene rings is 1. The maximum atomic E-state index is 5.97. The third-order valence-corrected chi connectivity index (χ3v) is 2.64. The van der Waals surface area contributed by atoms with E-state index in [4.69, 9.17) is 25.8 Å². The Labute approximate surface area is 100 Å². The first-order valence-electron chi connectivity index (χ1n) is 5.26. The summed E-state index contributed by atoms with van der Waals surface area (Å²) in [5.74, 6) is 0.173. The fraction of sp³-hybridized carbons (Fsp3) is 0.500. The van der Waals surface area contributed by atoms with E-state index < -0.39 is 5.79 Å². The molecule has 0 amide bonds. The van der Waals surface area contributed by atoms with Crippen LogP contribution in [0, 0.1) is 0 Å². The van der Waals surface area contributed by atoms with E-state index in [1.807, 2.05) is 32.0 Å². The average molecular weight is 243 g/mol.